The molecular weight excluding hydrogens is 364 g/mol. The Kier molecular flexibility index (Phi) is 5.42. The number of nitrogens with zero attached hydrogens (tertiary/aromatic N) is 2. The number of fused-ring (bicyclic) bond motifs is 1. The Balaban J connectivity index is 1.80. The number of allylic oxidation sites excluding steroid dienone is 1. The van der Waals surface area contributed by atoms with Gasteiger partial charge in [0.15, 0.2) is 6.61 Å². The molecular formula is C21H19ClN2O3. The van der Waals surface area contributed by atoms with Gasteiger partial charge in [-0.3, -0.25) is 4.79 Å². The molecule has 2 heterocycles. The van der Waals surface area contributed by atoms with Gasteiger partial charge in [-0.05, 0) is 32.0 Å². The van der Waals surface area contributed by atoms with E-state index in [9.17, 15) is 9.59 Å². The highest BCUT2D eigenvalue weighted by Crippen LogP contribution is 2.22. The number of hydrogen-bond acceptors (Lipinski definition) is 4. The van der Waals surface area contributed by atoms with E-state index < -0.39 is 5.97 Å². The van der Waals surface area contributed by atoms with Crippen LogP contribution in [0.5, 0.6) is 0 Å². The van der Waals surface area contributed by atoms with Crippen molar-refractivity contribution >= 4 is 34.3 Å². The van der Waals surface area contributed by atoms with Gasteiger partial charge >= 0.3 is 5.97 Å². The van der Waals surface area contributed by atoms with Gasteiger partial charge < -0.3 is 9.30 Å². The average molecular weight is 383 g/mol. The van der Waals surface area contributed by atoms with Crippen molar-refractivity contribution < 1.29 is 14.3 Å². The molecule has 0 saturated carbocycles. The quantitative estimate of drug-likeness (QED) is 0.272. The van der Waals surface area contributed by atoms with Crippen LogP contribution in [0.4, 0.5) is 0 Å². The minimum atomic E-state index is -0.608. The molecule has 0 atom stereocenters. The van der Waals surface area contributed by atoms with Crippen molar-refractivity contribution in [3.63, 3.8) is 0 Å². The SMILES string of the molecule is C=CCn1c(C)cc(C(=O)COC(=O)c2cc(Cl)nc3ccccc23)c1C. The van der Waals surface area contributed by atoms with Crippen molar-refractivity contribution in [1.82, 2.24) is 9.55 Å². The molecule has 0 aliphatic heterocycles. The highest BCUT2D eigenvalue weighted by atomic mass is 35.5. The van der Waals surface area contributed by atoms with E-state index in [2.05, 4.69) is 11.6 Å². The Labute approximate surface area is 162 Å². The molecule has 0 unspecified atom stereocenters. The van der Waals surface area contributed by atoms with E-state index >= 15 is 0 Å². The van der Waals surface area contributed by atoms with E-state index in [0.29, 0.717) is 23.0 Å². The summed E-state index contributed by atoms with van der Waals surface area (Å²) in [6.45, 7) is 7.79. The minimum absolute atomic E-state index is 0.194. The molecule has 6 heteroatoms. The minimum Gasteiger partial charge on any atom is -0.454 e. The molecule has 3 aromatic rings. The molecule has 0 radical (unpaired) electrons. The van der Waals surface area contributed by atoms with Gasteiger partial charge in [0, 0.05) is 28.9 Å². The van der Waals surface area contributed by atoms with Crippen molar-refractivity contribution in [3.05, 3.63) is 76.7 Å². The smallest absolute Gasteiger partial charge is 0.339 e. The van der Waals surface area contributed by atoms with Crippen molar-refractivity contribution in [3.8, 4) is 0 Å². The van der Waals surface area contributed by atoms with Crippen LogP contribution in [0.2, 0.25) is 5.15 Å². The summed E-state index contributed by atoms with van der Waals surface area (Å²) in [5.41, 5.74) is 3.20. The van der Waals surface area contributed by atoms with Crippen molar-refractivity contribution in [2.45, 2.75) is 20.4 Å². The third-order valence-corrected chi connectivity index (χ3v) is 4.62. The van der Waals surface area contributed by atoms with Gasteiger partial charge in [-0.1, -0.05) is 35.9 Å². The summed E-state index contributed by atoms with van der Waals surface area (Å²) >= 11 is 6.00. The number of hydrogen-bond donors (Lipinski definition) is 0. The lowest BCUT2D eigenvalue weighted by Gasteiger charge is -2.08. The second-order valence-corrected chi connectivity index (χ2v) is 6.58. The van der Waals surface area contributed by atoms with Crippen LogP contribution in [0.3, 0.4) is 0 Å². The molecule has 0 N–H and O–H groups in total. The fourth-order valence-electron chi connectivity index (χ4n) is 3.09. The number of benzene rings is 1. The molecule has 0 amide bonds. The lowest BCUT2D eigenvalue weighted by atomic mass is 10.1. The normalized spacial score (nSPS) is 10.8. The highest BCUT2D eigenvalue weighted by molar-refractivity contribution is 6.30. The first-order valence-electron chi connectivity index (χ1n) is 8.45. The number of pyridine rings is 1. The van der Waals surface area contributed by atoms with Gasteiger partial charge in [0.1, 0.15) is 5.15 Å². The molecule has 1 aromatic carbocycles. The first-order valence-corrected chi connectivity index (χ1v) is 8.83. The Bertz CT molecular complexity index is 1050. The van der Waals surface area contributed by atoms with Crippen LogP contribution < -0.4 is 0 Å². The van der Waals surface area contributed by atoms with Gasteiger partial charge in [0.25, 0.3) is 0 Å². The van der Waals surface area contributed by atoms with Crippen LogP contribution in [0.15, 0.2) is 49.1 Å². The van der Waals surface area contributed by atoms with Gasteiger partial charge in [0.05, 0.1) is 11.1 Å². The molecule has 0 aliphatic carbocycles. The lowest BCUT2D eigenvalue weighted by molar-refractivity contribution is 0.0476. The zero-order valence-electron chi connectivity index (χ0n) is 15.2. The second-order valence-electron chi connectivity index (χ2n) is 6.19. The van der Waals surface area contributed by atoms with Crippen LogP contribution in [0, 0.1) is 13.8 Å². The molecule has 0 aliphatic rings. The monoisotopic (exact) mass is 382 g/mol. The lowest BCUT2D eigenvalue weighted by Crippen LogP contribution is -2.15. The molecule has 3 rings (SSSR count). The summed E-state index contributed by atoms with van der Waals surface area (Å²) in [7, 11) is 0. The number of halogens is 1. The first-order chi connectivity index (χ1) is 12.9. The van der Waals surface area contributed by atoms with Crippen molar-refractivity contribution in [2.75, 3.05) is 6.61 Å². The van der Waals surface area contributed by atoms with E-state index in [0.717, 1.165) is 11.4 Å². The van der Waals surface area contributed by atoms with Gasteiger partial charge in [-0.25, -0.2) is 9.78 Å². The van der Waals surface area contributed by atoms with E-state index in [4.69, 9.17) is 16.3 Å². The van der Waals surface area contributed by atoms with Crippen molar-refractivity contribution in [1.29, 1.82) is 0 Å². The predicted octanol–water partition coefficient (Wildman–Crippen LogP) is 4.53. The fraction of sp³-hybridized carbons (Fsp3) is 0.190. The van der Waals surface area contributed by atoms with E-state index in [1.165, 1.54) is 6.07 Å². The van der Waals surface area contributed by atoms with Crippen LogP contribution in [-0.4, -0.2) is 27.9 Å². The Morgan fingerprint density at radius 1 is 1.22 bits per heavy atom. The Hall–Kier alpha value is -2.92. The number of carbonyl (C=O) groups excluding carboxylic acids is 2. The fourth-order valence-corrected chi connectivity index (χ4v) is 3.29. The maximum absolute atomic E-state index is 12.5. The average Bonchev–Trinajstić information content (AvgIpc) is 2.93. The van der Waals surface area contributed by atoms with E-state index in [1.807, 2.05) is 24.5 Å². The van der Waals surface area contributed by atoms with E-state index in [-0.39, 0.29) is 23.1 Å². The number of ketones is 1. The maximum Gasteiger partial charge on any atom is 0.339 e. The summed E-state index contributed by atoms with van der Waals surface area (Å²) in [6.07, 6.45) is 1.77. The van der Waals surface area contributed by atoms with Crippen molar-refractivity contribution in [2.24, 2.45) is 0 Å². The molecule has 0 spiro atoms. The zero-order valence-corrected chi connectivity index (χ0v) is 15.9. The number of para-hydroxylation sites is 1. The number of aromatic nitrogens is 2. The number of rotatable bonds is 6. The number of carbonyl (C=O) groups is 2. The summed E-state index contributed by atoms with van der Waals surface area (Å²) in [5.74, 6) is -0.861. The third kappa shape index (κ3) is 3.78. The van der Waals surface area contributed by atoms with Gasteiger partial charge in [-0.15, -0.1) is 6.58 Å². The second kappa shape index (κ2) is 7.76. The summed E-state index contributed by atoms with van der Waals surface area (Å²) < 4.78 is 7.25. The molecule has 0 bridgehead atoms. The summed E-state index contributed by atoms with van der Waals surface area (Å²) in [6, 6.07) is 10.4. The van der Waals surface area contributed by atoms with Crippen LogP contribution in [0.25, 0.3) is 10.9 Å². The number of aryl methyl sites for hydroxylation is 1. The summed E-state index contributed by atoms with van der Waals surface area (Å²) in [5, 5.41) is 0.823. The predicted molar refractivity (Wildman–Crippen MR) is 105 cm³/mol. The maximum atomic E-state index is 12.5. The largest absolute Gasteiger partial charge is 0.454 e. The van der Waals surface area contributed by atoms with Crippen LogP contribution in [-0.2, 0) is 11.3 Å². The molecule has 0 fully saturated rings. The molecule has 5 nitrogen and oxygen atoms in total. The summed E-state index contributed by atoms with van der Waals surface area (Å²) in [4.78, 5) is 29.3. The Morgan fingerprint density at radius 2 is 1.96 bits per heavy atom. The molecule has 138 valence electrons. The topological polar surface area (TPSA) is 61.2 Å². The Morgan fingerprint density at radius 3 is 2.70 bits per heavy atom. The zero-order chi connectivity index (χ0) is 19.6. The molecule has 2 aromatic heterocycles. The first kappa shape index (κ1) is 18.9. The standard InChI is InChI=1S/C21H19ClN2O3/c1-4-9-24-13(2)10-16(14(24)3)19(25)12-27-21(26)17-11-20(22)23-18-8-6-5-7-15(17)18/h4-8,10-11H,1,9,12H2,2-3H3. The van der Waals surface area contributed by atoms with Gasteiger partial charge in [0.2, 0.25) is 5.78 Å². The highest BCUT2D eigenvalue weighted by Gasteiger charge is 2.19. The number of Topliss-reactive ketones (excluding diaryl/α,β-unsaturated/α-hetero) is 1. The molecule has 0 saturated heterocycles. The number of esters is 1. The number of ether oxygens (including phenoxy) is 1. The molecule has 27 heavy (non-hydrogen) atoms. The van der Waals surface area contributed by atoms with Crippen LogP contribution in [0.1, 0.15) is 32.1 Å². The third-order valence-electron chi connectivity index (χ3n) is 4.42. The van der Waals surface area contributed by atoms with E-state index in [1.54, 1.807) is 30.3 Å². The van der Waals surface area contributed by atoms with Crippen LogP contribution >= 0.6 is 11.6 Å². The van der Waals surface area contributed by atoms with Gasteiger partial charge in [-0.2, -0.15) is 0 Å².